The number of carbonyl (C=O) groups excluding carboxylic acids is 2. The largest absolute Gasteiger partial charge is 0.493 e. The zero-order valence-corrected chi connectivity index (χ0v) is 22.1. The molecule has 38 heavy (non-hydrogen) atoms. The Morgan fingerprint density at radius 1 is 0.868 bits per heavy atom. The average Bonchev–Trinajstić information content (AvgIpc) is 3.20. The summed E-state index contributed by atoms with van der Waals surface area (Å²) in [5.74, 6) is 1.42. The van der Waals surface area contributed by atoms with Crippen molar-refractivity contribution < 1.29 is 23.8 Å². The van der Waals surface area contributed by atoms with Gasteiger partial charge in [0.1, 0.15) is 19.0 Å². The van der Waals surface area contributed by atoms with E-state index in [4.69, 9.17) is 25.8 Å². The lowest BCUT2D eigenvalue weighted by Gasteiger charge is -2.14. The summed E-state index contributed by atoms with van der Waals surface area (Å²) in [4.78, 5) is 27.1. The number of benzene rings is 4. The molecular formula is C30H24ClNO5S. The van der Waals surface area contributed by atoms with Gasteiger partial charge in [0.15, 0.2) is 11.5 Å². The zero-order chi connectivity index (χ0) is 26.5. The van der Waals surface area contributed by atoms with Crippen LogP contribution >= 0.6 is 23.4 Å². The molecule has 0 atom stereocenters. The number of hydrogen-bond acceptors (Lipinski definition) is 6. The smallest absolute Gasteiger partial charge is 0.293 e. The molecule has 1 aliphatic heterocycles. The highest BCUT2D eigenvalue weighted by Crippen LogP contribution is 2.35. The molecule has 4 aromatic carbocycles. The fourth-order valence-electron chi connectivity index (χ4n) is 4.08. The SMILES string of the molecule is COc1cc(/C=C2\SC(=O)N(CCOc3cccc4ccccc34)C2=O)ccc1OCc1ccccc1Cl. The summed E-state index contributed by atoms with van der Waals surface area (Å²) in [6.45, 7) is 0.642. The van der Waals surface area contributed by atoms with E-state index < -0.39 is 0 Å². The van der Waals surface area contributed by atoms with Crippen molar-refractivity contribution in [2.75, 3.05) is 20.3 Å². The van der Waals surface area contributed by atoms with Crippen molar-refractivity contribution in [1.82, 2.24) is 4.90 Å². The third-order valence-corrected chi connectivity index (χ3v) is 7.30. The highest BCUT2D eigenvalue weighted by Gasteiger charge is 2.34. The highest BCUT2D eigenvalue weighted by molar-refractivity contribution is 8.18. The first-order valence-electron chi connectivity index (χ1n) is 11.9. The second-order valence-corrected chi connectivity index (χ2v) is 9.85. The molecule has 1 heterocycles. The van der Waals surface area contributed by atoms with E-state index in [0.717, 1.165) is 33.8 Å². The van der Waals surface area contributed by atoms with Crippen LogP contribution in [-0.4, -0.2) is 36.3 Å². The highest BCUT2D eigenvalue weighted by atomic mass is 35.5. The molecule has 0 aromatic heterocycles. The number of methoxy groups -OCH3 is 1. The van der Waals surface area contributed by atoms with Crippen molar-refractivity contribution in [2.24, 2.45) is 0 Å². The molecule has 0 unspecified atom stereocenters. The lowest BCUT2D eigenvalue weighted by molar-refractivity contribution is -0.123. The van der Waals surface area contributed by atoms with Crippen molar-refractivity contribution >= 4 is 51.4 Å². The molecule has 2 amide bonds. The summed E-state index contributed by atoms with van der Waals surface area (Å²) in [5.41, 5.74) is 1.57. The van der Waals surface area contributed by atoms with Crippen LogP contribution in [0.2, 0.25) is 5.02 Å². The lowest BCUT2D eigenvalue weighted by Crippen LogP contribution is -2.32. The van der Waals surface area contributed by atoms with Gasteiger partial charge in [-0.25, -0.2) is 0 Å². The third kappa shape index (κ3) is 5.64. The Morgan fingerprint density at radius 2 is 1.66 bits per heavy atom. The summed E-state index contributed by atoms with van der Waals surface area (Å²) in [5, 5.41) is 2.35. The first kappa shape index (κ1) is 25.7. The lowest BCUT2D eigenvalue weighted by atomic mass is 10.1. The molecule has 0 saturated carbocycles. The summed E-state index contributed by atoms with van der Waals surface area (Å²) < 4.78 is 17.3. The number of carbonyl (C=O) groups is 2. The van der Waals surface area contributed by atoms with Gasteiger partial charge in [-0.1, -0.05) is 72.3 Å². The molecule has 5 rings (SSSR count). The Bertz CT molecular complexity index is 1530. The van der Waals surface area contributed by atoms with Crippen molar-refractivity contribution in [3.8, 4) is 17.2 Å². The van der Waals surface area contributed by atoms with Gasteiger partial charge in [-0.2, -0.15) is 0 Å². The second-order valence-electron chi connectivity index (χ2n) is 8.45. The van der Waals surface area contributed by atoms with Gasteiger partial charge in [0, 0.05) is 16.0 Å². The van der Waals surface area contributed by atoms with Crippen LogP contribution in [0, 0.1) is 0 Å². The summed E-state index contributed by atoms with van der Waals surface area (Å²) in [7, 11) is 1.55. The van der Waals surface area contributed by atoms with Crippen molar-refractivity contribution in [1.29, 1.82) is 0 Å². The van der Waals surface area contributed by atoms with Crippen LogP contribution in [0.1, 0.15) is 11.1 Å². The molecule has 0 aliphatic carbocycles. The van der Waals surface area contributed by atoms with E-state index in [0.29, 0.717) is 27.0 Å². The van der Waals surface area contributed by atoms with E-state index in [1.54, 1.807) is 25.3 Å². The predicted molar refractivity (Wildman–Crippen MR) is 151 cm³/mol. The first-order chi connectivity index (χ1) is 18.5. The maximum atomic E-state index is 13.0. The number of ether oxygens (including phenoxy) is 3. The van der Waals surface area contributed by atoms with Crippen LogP contribution in [-0.2, 0) is 11.4 Å². The van der Waals surface area contributed by atoms with Crippen LogP contribution in [0.15, 0.2) is 89.8 Å². The topological polar surface area (TPSA) is 65.1 Å². The van der Waals surface area contributed by atoms with Gasteiger partial charge in [0.2, 0.25) is 0 Å². The van der Waals surface area contributed by atoms with E-state index >= 15 is 0 Å². The van der Waals surface area contributed by atoms with Crippen LogP contribution in [0.3, 0.4) is 0 Å². The Labute approximate surface area is 229 Å². The standard InChI is InChI=1S/C30H24ClNO5S/c1-35-27-17-20(13-14-26(27)37-19-22-8-3-5-11-24(22)31)18-28-29(33)32(30(34)38-28)15-16-36-25-12-6-9-21-7-2-4-10-23(21)25/h2-14,17-18H,15-16,19H2,1H3/b28-18-. The fourth-order valence-corrected chi connectivity index (χ4v) is 5.13. The number of halogens is 1. The minimum absolute atomic E-state index is 0.156. The van der Waals surface area contributed by atoms with Crippen molar-refractivity contribution in [2.45, 2.75) is 6.61 Å². The van der Waals surface area contributed by atoms with Gasteiger partial charge in [-0.05, 0) is 53.1 Å². The second kappa shape index (κ2) is 11.6. The van der Waals surface area contributed by atoms with Crippen LogP contribution in [0.4, 0.5) is 4.79 Å². The molecule has 4 aromatic rings. The molecule has 0 N–H and O–H groups in total. The number of imide groups is 1. The number of amides is 2. The van der Waals surface area contributed by atoms with E-state index in [9.17, 15) is 9.59 Å². The minimum atomic E-state index is -0.348. The normalized spacial score (nSPS) is 14.4. The fraction of sp³-hybridized carbons (Fsp3) is 0.133. The van der Waals surface area contributed by atoms with Gasteiger partial charge < -0.3 is 14.2 Å². The molecule has 1 fully saturated rings. The quantitative estimate of drug-likeness (QED) is 0.207. The van der Waals surface area contributed by atoms with Gasteiger partial charge >= 0.3 is 0 Å². The number of hydrogen-bond donors (Lipinski definition) is 0. The maximum Gasteiger partial charge on any atom is 0.293 e. The number of nitrogens with zero attached hydrogens (tertiary/aromatic N) is 1. The first-order valence-corrected chi connectivity index (χ1v) is 13.1. The zero-order valence-electron chi connectivity index (χ0n) is 20.6. The summed E-state index contributed by atoms with van der Waals surface area (Å²) in [6.07, 6.45) is 1.68. The Balaban J connectivity index is 1.24. The molecule has 1 aliphatic rings. The average molecular weight is 546 g/mol. The van der Waals surface area contributed by atoms with Gasteiger partial charge in [-0.3, -0.25) is 14.5 Å². The van der Waals surface area contributed by atoms with Gasteiger partial charge in [0.05, 0.1) is 18.6 Å². The number of rotatable bonds is 9. The Morgan fingerprint density at radius 3 is 2.50 bits per heavy atom. The maximum absolute atomic E-state index is 13.0. The molecule has 0 bridgehead atoms. The Kier molecular flexibility index (Phi) is 7.86. The van der Waals surface area contributed by atoms with Crippen molar-refractivity contribution in [3.05, 3.63) is 106 Å². The van der Waals surface area contributed by atoms with Crippen LogP contribution < -0.4 is 14.2 Å². The molecule has 0 spiro atoms. The third-order valence-electron chi connectivity index (χ3n) is 6.02. The molecule has 8 heteroatoms. The van der Waals surface area contributed by atoms with E-state index in [1.807, 2.05) is 72.8 Å². The number of fused-ring (bicyclic) bond motifs is 1. The molecule has 192 valence electrons. The van der Waals surface area contributed by atoms with E-state index in [-0.39, 0.29) is 30.9 Å². The minimum Gasteiger partial charge on any atom is -0.493 e. The monoisotopic (exact) mass is 545 g/mol. The summed E-state index contributed by atoms with van der Waals surface area (Å²) >= 11 is 7.12. The number of thioether (sulfide) groups is 1. The van der Waals surface area contributed by atoms with E-state index in [2.05, 4.69) is 0 Å². The Hall–Kier alpha value is -3.94. The van der Waals surface area contributed by atoms with Gasteiger partial charge in [-0.15, -0.1) is 0 Å². The molecule has 1 saturated heterocycles. The molecule has 6 nitrogen and oxygen atoms in total. The van der Waals surface area contributed by atoms with Crippen LogP contribution in [0.5, 0.6) is 17.2 Å². The predicted octanol–water partition coefficient (Wildman–Crippen LogP) is 7.20. The van der Waals surface area contributed by atoms with Crippen molar-refractivity contribution in [3.63, 3.8) is 0 Å². The summed E-state index contributed by atoms with van der Waals surface area (Å²) in [6, 6.07) is 26.5. The van der Waals surface area contributed by atoms with E-state index in [1.165, 1.54) is 4.90 Å². The van der Waals surface area contributed by atoms with Gasteiger partial charge in [0.25, 0.3) is 11.1 Å². The molecular weight excluding hydrogens is 522 g/mol. The molecule has 0 radical (unpaired) electrons. The van der Waals surface area contributed by atoms with Crippen LogP contribution in [0.25, 0.3) is 16.8 Å².